The predicted molar refractivity (Wildman–Crippen MR) is 90.3 cm³/mol. The highest BCUT2D eigenvalue weighted by Crippen LogP contribution is 2.19. The molecule has 0 aliphatic carbocycles. The summed E-state index contributed by atoms with van der Waals surface area (Å²) in [7, 11) is 0. The summed E-state index contributed by atoms with van der Waals surface area (Å²) in [5.41, 5.74) is 3.03. The van der Waals surface area contributed by atoms with Crippen LogP contribution in [0.1, 0.15) is 17.5 Å². The van der Waals surface area contributed by atoms with Crippen molar-refractivity contribution in [3.63, 3.8) is 0 Å². The normalized spacial score (nSPS) is 13.3. The number of amides is 2. The van der Waals surface area contributed by atoms with Crippen LogP contribution in [-0.2, 0) is 22.6 Å². The van der Waals surface area contributed by atoms with Crippen LogP contribution in [0.3, 0.4) is 0 Å². The molecule has 2 aromatic rings. The zero-order valence-corrected chi connectivity index (χ0v) is 13.3. The van der Waals surface area contributed by atoms with Gasteiger partial charge in [0.1, 0.15) is 6.42 Å². The standard InChI is InChI=1S/C18H17ClN2O2/c19-15-6-3-7-16(10-15)20-17(22)11-18(23)21-9-8-13-4-1-2-5-14(13)12-21/h1-7,10H,8-9,11-12H2,(H,20,22). The van der Waals surface area contributed by atoms with Crippen LogP contribution in [0.15, 0.2) is 48.5 Å². The first-order chi connectivity index (χ1) is 11.1. The van der Waals surface area contributed by atoms with E-state index in [1.165, 1.54) is 5.56 Å². The number of carbonyl (C=O) groups is 2. The maximum atomic E-state index is 12.3. The van der Waals surface area contributed by atoms with E-state index in [0.29, 0.717) is 23.8 Å². The van der Waals surface area contributed by atoms with Crippen LogP contribution >= 0.6 is 11.6 Å². The summed E-state index contributed by atoms with van der Waals surface area (Å²) in [5, 5.41) is 3.24. The van der Waals surface area contributed by atoms with E-state index in [4.69, 9.17) is 11.6 Å². The summed E-state index contributed by atoms with van der Waals surface area (Å²) >= 11 is 5.88. The van der Waals surface area contributed by atoms with Gasteiger partial charge in [0.05, 0.1) is 0 Å². The molecule has 1 N–H and O–H groups in total. The van der Waals surface area contributed by atoms with Crippen molar-refractivity contribution in [2.24, 2.45) is 0 Å². The number of rotatable bonds is 3. The molecule has 0 unspecified atom stereocenters. The number of anilines is 1. The maximum Gasteiger partial charge on any atom is 0.233 e. The van der Waals surface area contributed by atoms with Gasteiger partial charge in [0, 0.05) is 23.8 Å². The number of fused-ring (bicyclic) bond motifs is 1. The fraction of sp³-hybridized carbons (Fsp3) is 0.222. The molecule has 1 heterocycles. The number of hydrogen-bond donors (Lipinski definition) is 1. The average molecular weight is 329 g/mol. The lowest BCUT2D eigenvalue weighted by Gasteiger charge is -2.28. The van der Waals surface area contributed by atoms with Gasteiger partial charge in [-0.1, -0.05) is 41.9 Å². The lowest BCUT2D eigenvalue weighted by molar-refractivity contribution is -0.135. The lowest BCUT2D eigenvalue weighted by atomic mass is 10.00. The zero-order valence-electron chi connectivity index (χ0n) is 12.6. The average Bonchev–Trinajstić information content (AvgIpc) is 2.54. The Kier molecular flexibility index (Phi) is 4.63. The van der Waals surface area contributed by atoms with E-state index in [9.17, 15) is 9.59 Å². The topological polar surface area (TPSA) is 49.4 Å². The Morgan fingerprint density at radius 1 is 1.09 bits per heavy atom. The molecule has 0 radical (unpaired) electrons. The van der Waals surface area contributed by atoms with Crippen molar-refractivity contribution in [3.05, 3.63) is 64.7 Å². The third-order valence-corrected chi connectivity index (χ3v) is 4.14. The highest BCUT2D eigenvalue weighted by atomic mass is 35.5. The van der Waals surface area contributed by atoms with Gasteiger partial charge in [-0.3, -0.25) is 9.59 Å². The van der Waals surface area contributed by atoms with Crippen molar-refractivity contribution in [2.45, 2.75) is 19.4 Å². The predicted octanol–water partition coefficient (Wildman–Crippen LogP) is 3.25. The van der Waals surface area contributed by atoms with Crippen LogP contribution < -0.4 is 5.32 Å². The minimum Gasteiger partial charge on any atom is -0.338 e. The fourth-order valence-corrected chi connectivity index (χ4v) is 2.92. The number of nitrogens with zero attached hydrogens (tertiary/aromatic N) is 1. The quantitative estimate of drug-likeness (QED) is 0.879. The van der Waals surface area contributed by atoms with Crippen molar-refractivity contribution in [2.75, 3.05) is 11.9 Å². The molecule has 3 rings (SSSR count). The first-order valence-corrected chi connectivity index (χ1v) is 7.89. The first kappa shape index (κ1) is 15.6. The Balaban J connectivity index is 1.58. The SMILES string of the molecule is O=C(CC(=O)N1CCc2ccccc2C1)Nc1cccc(Cl)c1. The molecule has 4 nitrogen and oxygen atoms in total. The number of nitrogens with one attached hydrogen (secondary N) is 1. The molecule has 2 amide bonds. The number of benzene rings is 2. The minimum absolute atomic E-state index is 0.154. The van der Waals surface area contributed by atoms with Crippen LogP contribution in [0, 0.1) is 0 Å². The monoisotopic (exact) mass is 328 g/mol. The van der Waals surface area contributed by atoms with Crippen molar-refractivity contribution < 1.29 is 9.59 Å². The summed E-state index contributed by atoms with van der Waals surface area (Å²) in [6.07, 6.45) is 0.673. The molecule has 0 spiro atoms. The molecule has 0 saturated carbocycles. The Morgan fingerprint density at radius 3 is 2.65 bits per heavy atom. The number of hydrogen-bond acceptors (Lipinski definition) is 2. The van der Waals surface area contributed by atoms with Crippen LogP contribution in [0.5, 0.6) is 0 Å². The van der Waals surface area contributed by atoms with E-state index in [1.807, 2.05) is 18.2 Å². The second-order valence-electron chi connectivity index (χ2n) is 5.57. The highest BCUT2D eigenvalue weighted by molar-refractivity contribution is 6.30. The molecule has 118 valence electrons. The Bertz CT molecular complexity index is 745. The highest BCUT2D eigenvalue weighted by Gasteiger charge is 2.22. The van der Waals surface area contributed by atoms with Gasteiger partial charge in [0.25, 0.3) is 0 Å². The third-order valence-electron chi connectivity index (χ3n) is 3.90. The Labute approximate surface area is 140 Å². The molecule has 5 heteroatoms. The summed E-state index contributed by atoms with van der Waals surface area (Å²) in [6, 6.07) is 15.0. The Hall–Kier alpha value is -2.33. The summed E-state index contributed by atoms with van der Waals surface area (Å²) in [6.45, 7) is 1.22. The smallest absolute Gasteiger partial charge is 0.233 e. The maximum absolute atomic E-state index is 12.3. The molecule has 1 aliphatic rings. The minimum atomic E-state index is -0.323. The molecule has 23 heavy (non-hydrogen) atoms. The van der Waals surface area contributed by atoms with E-state index in [0.717, 1.165) is 12.0 Å². The lowest BCUT2D eigenvalue weighted by Crippen LogP contribution is -2.37. The molecule has 0 saturated heterocycles. The number of carbonyl (C=O) groups excluding carboxylic acids is 2. The van der Waals surface area contributed by atoms with E-state index in [1.54, 1.807) is 29.2 Å². The van der Waals surface area contributed by atoms with E-state index in [-0.39, 0.29) is 18.2 Å². The molecule has 2 aromatic carbocycles. The van der Waals surface area contributed by atoms with Gasteiger partial charge >= 0.3 is 0 Å². The van der Waals surface area contributed by atoms with Gasteiger partial charge in [0.15, 0.2) is 0 Å². The summed E-state index contributed by atoms with van der Waals surface area (Å²) in [5.74, 6) is -0.477. The first-order valence-electron chi connectivity index (χ1n) is 7.52. The fourth-order valence-electron chi connectivity index (χ4n) is 2.73. The molecular weight excluding hydrogens is 312 g/mol. The van der Waals surface area contributed by atoms with E-state index < -0.39 is 0 Å². The van der Waals surface area contributed by atoms with Crippen LogP contribution in [0.2, 0.25) is 5.02 Å². The molecule has 0 fully saturated rings. The van der Waals surface area contributed by atoms with Crippen molar-refractivity contribution in [1.82, 2.24) is 4.90 Å². The summed E-state index contributed by atoms with van der Waals surface area (Å²) in [4.78, 5) is 26.1. The van der Waals surface area contributed by atoms with Crippen LogP contribution in [0.4, 0.5) is 5.69 Å². The van der Waals surface area contributed by atoms with Crippen molar-refractivity contribution in [1.29, 1.82) is 0 Å². The number of halogens is 1. The van der Waals surface area contributed by atoms with Gasteiger partial charge in [0.2, 0.25) is 11.8 Å². The van der Waals surface area contributed by atoms with E-state index >= 15 is 0 Å². The van der Waals surface area contributed by atoms with Crippen LogP contribution in [0.25, 0.3) is 0 Å². The molecule has 0 bridgehead atoms. The molecular formula is C18H17ClN2O2. The van der Waals surface area contributed by atoms with Gasteiger partial charge in [-0.2, -0.15) is 0 Å². The second kappa shape index (κ2) is 6.84. The van der Waals surface area contributed by atoms with Gasteiger partial charge in [-0.15, -0.1) is 0 Å². The molecule has 1 aliphatic heterocycles. The zero-order chi connectivity index (χ0) is 16.2. The third kappa shape index (κ3) is 3.90. The van der Waals surface area contributed by atoms with E-state index in [2.05, 4.69) is 11.4 Å². The van der Waals surface area contributed by atoms with Crippen molar-refractivity contribution in [3.8, 4) is 0 Å². The van der Waals surface area contributed by atoms with Crippen LogP contribution in [-0.4, -0.2) is 23.3 Å². The van der Waals surface area contributed by atoms with Crippen molar-refractivity contribution >= 4 is 29.1 Å². The largest absolute Gasteiger partial charge is 0.338 e. The molecule has 0 aromatic heterocycles. The molecule has 0 atom stereocenters. The summed E-state index contributed by atoms with van der Waals surface area (Å²) < 4.78 is 0. The van der Waals surface area contributed by atoms with Gasteiger partial charge in [-0.05, 0) is 35.7 Å². The van der Waals surface area contributed by atoms with Gasteiger partial charge in [-0.25, -0.2) is 0 Å². The van der Waals surface area contributed by atoms with Gasteiger partial charge < -0.3 is 10.2 Å². The second-order valence-corrected chi connectivity index (χ2v) is 6.01. The Morgan fingerprint density at radius 2 is 1.87 bits per heavy atom.